The molecule has 0 bridgehead atoms. The van der Waals surface area contributed by atoms with Gasteiger partial charge in [-0.2, -0.15) is 0 Å². The molecular weight excluding hydrogens is 302 g/mol. The summed E-state index contributed by atoms with van der Waals surface area (Å²) in [6.07, 6.45) is 7.97. The minimum atomic E-state index is -0.311. The van der Waals surface area contributed by atoms with Crippen LogP contribution in [0.3, 0.4) is 0 Å². The highest BCUT2D eigenvalue weighted by Crippen LogP contribution is 2.27. The number of H-pyrrole nitrogens is 1. The van der Waals surface area contributed by atoms with Crippen molar-refractivity contribution in [1.29, 1.82) is 0 Å². The Labute approximate surface area is 137 Å². The molecule has 0 saturated carbocycles. The molecule has 116 valence electrons. The maximum Gasteiger partial charge on any atom is 0.275 e. The van der Waals surface area contributed by atoms with E-state index in [0.29, 0.717) is 11.3 Å². The Balaban J connectivity index is 1.70. The zero-order chi connectivity index (χ0) is 16.4. The maximum absolute atomic E-state index is 12.3. The fourth-order valence-corrected chi connectivity index (χ4v) is 2.50. The number of carbonyl (C=O) groups excluding carboxylic acids is 1. The largest absolute Gasteiger partial charge is 0.344 e. The second-order valence-electron chi connectivity index (χ2n) is 5.23. The minimum Gasteiger partial charge on any atom is -0.344 e. The lowest BCUT2D eigenvalue weighted by Gasteiger charge is -2.04. The molecule has 2 N–H and O–H groups in total. The molecule has 0 unspecified atom stereocenters. The molecule has 0 fully saturated rings. The van der Waals surface area contributed by atoms with Crippen LogP contribution in [0.4, 0.5) is 5.69 Å². The molecule has 0 atom stereocenters. The van der Waals surface area contributed by atoms with E-state index in [4.69, 9.17) is 0 Å². The first-order chi connectivity index (χ1) is 11.8. The Hall–Kier alpha value is -3.54. The van der Waals surface area contributed by atoms with Crippen molar-refractivity contribution >= 4 is 22.6 Å². The van der Waals surface area contributed by atoms with Crippen molar-refractivity contribution in [2.45, 2.75) is 0 Å². The van der Waals surface area contributed by atoms with E-state index in [9.17, 15) is 4.79 Å². The lowest BCUT2D eigenvalue weighted by molar-refractivity contribution is 0.102. The third-order valence-electron chi connectivity index (χ3n) is 3.68. The Kier molecular flexibility index (Phi) is 3.47. The number of fused-ring (bicyclic) bond motifs is 1. The van der Waals surface area contributed by atoms with Gasteiger partial charge in [-0.1, -0.05) is 30.3 Å². The van der Waals surface area contributed by atoms with E-state index in [0.717, 1.165) is 16.5 Å². The molecule has 1 amide bonds. The Morgan fingerprint density at radius 3 is 2.67 bits per heavy atom. The number of rotatable bonds is 3. The first-order valence-electron chi connectivity index (χ1n) is 7.41. The van der Waals surface area contributed by atoms with E-state index in [2.05, 4.69) is 25.3 Å². The molecular formula is C18H13N5O. The van der Waals surface area contributed by atoms with Gasteiger partial charge in [-0.3, -0.25) is 9.78 Å². The van der Waals surface area contributed by atoms with E-state index >= 15 is 0 Å². The van der Waals surface area contributed by atoms with Crippen molar-refractivity contribution in [3.05, 3.63) is 73.1 Å². The summed E-state index contributed by atoms with van der Waals surface area (Å²) < 4.78 is 0. The molecule has 4 aromatic rings. The van der Waals surface area contributed by atoms with Crippen LogP contribution in [0.15, 0.2) is 67.4 Å². The summed E-state index contributed by atoms with van der Waals surface area (Å²) >= 11 is 0. The van der Waals surface area contributed by atoms with Crippen molar-refractivity contribution < 1.29 is 4.79 Å². The summed E-state index contributed by atoms with van der Waals surface area (Å²) in [6, 6.07) is 12.0. The molecule has 0 aliphatic carbocycles. The molecule has 0 aliphatic heterocycles. The van der Waals surface area contributed by atoms with Gasteiger partial charge in [0.1, 0.15) is 11.3 Å². The molecule has 0 spiro atoms. The lowest BCUT2D eigenvalue weighted by Crippen LogP contribution is -2.13. The van der Waals surface area contributed by atoms with Crippen LogP contribution in [-0.2, 0) is 0 Å². The minimum absolute atomic E-state index is 0.263. The predicted molar refractivity (Wildman–Crippen MR) is 91.5 cm³/mol. The third kappa shape index (κ3) is 2.61. The standard InChI is InChI=1S/C18H13N5O/c24-18(16-10-19-6-7-20-16)23-15-11-22-17-14(15)8-13(9-21-17)12-4-2-1-3-5-12/h1-11H,(H,21,22)(H,23,24). The quantitative estimate of drug-likeness (QED) is 0.608. The highest BCUT2D eigenvalue weighted by Gasteiger charge is 2.12. The van der Waals surface area contributed by atoms with Gasteiger partial charge in [0.25, 0.3) is 5.91 Å². The van der Waals surface area contributed by atoms with Gasteiger partial charge in [0.2, 0.25) is 0 Å². The number of pyridine rings is 1. The van der Waals surface area contributed by atoms with Crippen molar-refractivity contribution in [2.75, 3.05) is 5.32 Å². The van der Waals surface area contributed by atoms with Gasteiger partial charge in [0.05, 0.1) is 11.9 Å². The fourth-order valence-electron chi connectivity index (χ4n) is 2.50. The summed E-state index contributed by atoms with van der Waals surface area (Å²) in [5.41, 5.74) is 3.69. The van der Waals surface area contributed by atoms with Crippen LogP contribution in [0.5, 0.6) is 0 Å². The predicted octanol–water partition coefficient (Wildman–Crippen LogP) is 3.27. The number of benzene rings is 1. The number of aromatic amines is 1. The molecule has 0 aliphatic rings. The number of anilines is 1. The molecule has 4 rings (SSSR count). The second-order valence-corrected chi connectivity index (χ2v) is 5.23. The zero-order valence-corrected chi connectivity index (χ0v) is 12.6. The van der Waals surface area contributed by atoms with E-state index in [1.807, 2.05) is 42.6 Å². The molecule has 3 heterocycles. The highest BCUT2D eigenvalue weighted by molar-refractivity contribution is 6.07. The van der Waals surface area contributed by atoms with Crippen molar-refractivity contribution in [1.82, 2.24) is 19.9 Å². The summed E-state index contributed by atoms with van der Waals surface area (Å²) in [5.74, 6) is -0.311. The maximum atomic E-state index is 12.3. The Bertz CT molecular complexity index is 996. The van der Waals surface area contributed by atoms with Gasteiger partial charge in [-0.15, -0.1) is 0 Å². The van der Waals surface area contributed by atoms with Crippen molar-refractivity contribution in [3.63, 3.8) is 0 Å². The number of hydrogen-bond acceptors (Lipinski definition) is 4. The third-order valence-corrected chi connectivity index (χ3v) is 3.68. The number of amides is 1. The summed E-state index contributed by atoms with van der Waals surface area (Å²) in [5, 5.41) is 3.69. The molecule has 6 nitrogen and oxygen atoms in total. The number of carbonyl (C=O) groups is 1. The van der Waals surface area contributed by atoms with Gasteiger partial charge < -0.3 is 10.3 Å². The SMILES string of the molecule is O=C(Nc1c[nH]c2ncc(-c3ccccc3)cc12)c1cnccn1. The van der Waals surface area contributed by atoms with Gasteiger partial charge in [0.15, 0.2) is 0 Å². The number of nitrogens with one attached hydrogen (secondary N) is 2. The van der Waals surface area contributed by atoms with E-state index in [-0.39, 0.29) is 11.6 Å². The van der Waals surface area contributed by atoms with E-state index < -0.39 is 0 Å². The van der Waals surface area contributed by atoms with E-state index in [1.54, 1.807) is 6.20 Å². The van der Waals surface area contributed by atoms with Crippen LogP contribution in [0.2, 0.25) is 0 Å². The molecule has 3 aromatic heterocycles. The molecule has 24 heavy (non-hydrogen) atoms. The smallest absolute Gasteiger partial charge is 0.275 e. The molecule has 1 aromatic carbocycles. The number of hydrogen-bond donors (Lipinski definition) is 2. The van der Waals surface area contributed by atoms with Crippen LogP contribution >= 0.6 is 0 Å². The topological polar surface area (TPSA) is 83.6 Å². The van der Waals surface area contributed by atoms with Crippen LogP contribution in [-0.4, -0.2) is 25.8 Å². The van der Waals surface area contributed by atoms with Crippen LogP contribution < -0.4 is 5.32 Å². The zero-order valence-electron chi connectivity index (χ0n) is 12.6. The van der Waals surface area contributed by atoms with Gasteiger partial charge >= 0.3 is 0 Å². The second kappa shape index (κ2) is 5.92. The van der Waals surface area contributed by atoms with Gasteiger partial charge in [-0.25, -0.2) is 9.97 Å². The molecule has 0 saturated heterocycles. The Morgan fingerprint density at radius 2 is 1.88 bits per heavy atom. The summed E-state index contributed by atoms with van der Waals surface area (Å²) in [4.78, 5) is 27.7. The lowest BCUT2D eigenvalue weighted by atomic mass is 10.1. The van der Waals surface area contributed by atoms with Crippen LogP contribution in [0.1, 0.15) is 10.5 Å². The average molecular weight is 315 g/mol. The number of nitrogens with zero attached hydrogens (tertiary/aromatic N) is 3. The summed E-state index contributed by atoms with van der Waals surface area (Å²) in [7, 11) is 0. The van der Waals surface area contributed by atoms with Crippen LogP contribution in [0.25, 0.3) is 22.2 Å². The Morgan fingerprint density at radius 1 is 1.00 bits per heavy atom. The average Bonchev–Trinajstić information content (AvgIpc) is 3.05. The first kappa shape index (κ1) is 14.1. The van der Waals surface area contributed by atoms with Gasteiger partial charge in [-0.05, 0) is 11.6 Å². The highest BCUT2D eigenvalue weighted by atomic mass is 16.1. The number of aromatic nitrogens is 4. The van der Waals surface area contributed by atoms with Crippen molar-refractivity contribution in [3.8, 4) is 11.1 Å². The van der Waals surface area contributed by atoms with Crippen molar-refractivity contribution in [2.24, 2.45) is 0 Å². The first-order valence-corrected chi connectivity index (χ1v) is 7.41. The molecule has 6 heteroatoms. The fraction of sp³-hybridized carbons (Fsp3) is 0. The van der Waals surface area contributed by atoms with Gasteiger partial charge in [0, 0.05) is 35.7 Å². The monoisotopic (exact) mass is 315 g/mol. The van der Waals surface area contributed by atoms with E-state index in [1.165, 1.54) is 18.6 Å². The summed E-state index contributed by atoms with van der Waals surface area (Å²) in [6.45, 7) is 0. The molecule has 0 radical (unpaired) electrons. The normalized spacial score (nSPS) is 10.7. The van der Waals surface area contributed by atoms with Crippen LogP contribution in [0, 0.1) is 0 Å².